The lowest BCUT2D eigenvalue weighted by Crippen LogP contribution is -2.73. The van der Waals surface area contributed by atoms with Crippen molar-refractivity contribution in [3.63, 3.8) is 0 Å². The summed E-state index contributed by atoms with van der Waals surface area (Å²) in [4.78, 5) is 43.9. The lowest BCUT2D eigenvalue weighted by atomic mass is 9.40. The second-order valence-electron chi connectivity index (χ2n) is 21.0. The molecule has 0 N–H and O–H groups in total. The van der Waals surface area contributed by atoms with Crippen molar-refractivity contribution in [3.05, 3.63) is 46.1 Å². The molecule has 1 aromatic carbocycles. The van der Waals surface area contributed by atoms with E-state index in [0.717, 1.165) is 99.0 Å². The van der Waals surface area contributed by atoms with Gasteiger partial charge in [0.2, 0.25) is 0 Å². The highest BCUT2D eigenvalue weighted by Gasteiger charge is 2.71. The second-order valence-corrected chi connectivity index (χ2v) is 21.5. The molecule has 8 heteroatoms. The summed E-state index contributed by atoms with van der Waals surface area (Å²) >= 11 is 6.30. The number of hydrogen-bond acceptors (Lipinski definition) is 6. The number of ketones is 1. The Kier molecular flexibility index (Phi) is 11.3. The van der Waals surface area contributed by atoms with Crippen LogP contribution in [-0.4, -0.2) is 91.8 Å². The molecule has 3 aliphatic carbocycles. The quantitative estimate of drug-likeness (QED) is 0.120. The molecule has 0 aromatic heterocycles. The molecule has 0 spiro atoms. The molecule has 0 amide bonds. The lowest BCUT2D eigenvalue weighted by molar-refractivity contribution is -0.925. The molecule has 54 heavy (non-hydrogen) atoms. The molecule has 6 rings (SSSR count). The Morgan fingerprint density at radius 1 is 0.981 bits per heavy atom. The summed E-state index contributed by atoms with van der Waals surface area (Å²) in [5.41, 5.74) is 3.13. The van der Waals surface area contributed by atoms with Gasteiger partial charge in [-0.3, -0.25) is 19.0 Å². The highest BCUT2D eigenvalue weighted by atomic mass is 35.5. The number of halogens is 1. The first kappa shape index (κ1) is 41.6. The number of benzene rings is 1. The van der Waals surface area contributed by atoms with Gasteiger partial charge in [-0.05, 0) is 87.1 Å². The third-order valence-electron chi connectivity index (χ3n) is 15.8. The number of fused-ring (bicyclic) bond motifs is 7. The number of allylic oxidation sites excluding steroid dienone is 1. The maximum absolute atomic E-state index is 14.4. The van der Waals surface area contributed by atoms with Crippen molar-refractivity contribution in [3.8, 4) is 0 Å². The second kappa shape index (κ2) is 14.7. The van der Waals surface area contributed by atoms with Crippen molar-refractivity contribution in [1.82, 2.24) is 9.80 Å². The number of likely N-dealkylation sites (N-methyl/N-ethyl adjacent to an activating group) is 1. The summed E-state index contributed by atoms with van der Waals surface area (Å²) in [7, 11) is 6.82. The van der Waals surface area contributed by atoms with Gasteiger partial charge < -0.3 is 14.4 Å². The molecule has 8 unspecified atom stereocenters. The highest BCUT2D eigenvalue weighted by Crippen LogP contribution is 2.71. The van der Waals surface area contributed by atoms with E-state index in [2.05, 4.69) is 84.6 Å². The smallest absolute Gasteiger partial charge is 0.307 e. The molecule has 5 aliphatic rings. The molecule has 7 nitrogen and oxygen atoms in total. The van der Waals surface area contributed by atoms with E-state index in [-0.39, 0.29) is 46.1 Å². The van der Waals surface area contributed by atoms with E-state index in [1.807, 2.05) is 12.1 Å². The first-order valence-corrected chi connectivity index (χ1v) is 21.4. The molecular formula is C46H71ClN3O4+. The summed E-state index contributed by atoms with van der Waals surface area (Å²) in [6.45, 7) is 22.7. The number of piperidine rings is 2. The molecular weight excluding hydrogens is 694 g/mol. The monoisotopic (exact) mass is 765 g/mol. The third-order valence-corrected chi connectivity index (χ3v) is 16.1. The van der Waals surface area contributed by atoms with Gasteiger partial charge in [-0.15, -0.1) is 0 Å². The van der Waals surface area contributed by atoms with E-state index in [0.29, 0.717) is 30.1 Å². The van der Waals surface area contributed by atoms with Crippen LogP contribution in [-0.2, 0) is 25.7 Å². The fourth-order valence-electron chi connectivity index (χ4n) is 13.5. The number of esters is 1. The molecule has 2 saturated heterocycles. The SMILES string of the molecule is CC(C)C1=C2C(CN(CCN(C)C)Cc3ccc(Cl)cc3)(CCC3C4(C)CCC5C(C)(C)C(OC(=O)CC(C)(C)C=O)CCC5(C)C4CC[N+]23C)CC1=O. The predicted molar refractivity (Wildman–Crippen MR) is 218 cm³/mol. The Morgan fingerprint density at radius 2 is 1.65 bits per heavy atom. The molecule has 0 bridgehead atoms. The largest absolute Gasteiger partial charge is 0.462 e. The van der Waals surface area contributed by atoms with Gasteiger partial charge in [0.05, 0.1) is 37.0 Å². The zero-order chi connectivity index (χ0) is 39.6. The Labute approximate surface area is 332 Å². The predicted octanol–water partition coefficient (Wildman–Crippen LogP) is 8.97. The van der Waals surface area contributed by atoms with Crippen LogP contribution in [0, 0.1) is 44.8 Å². The Bertz CT molecular complexity index is 1630. The van der Waals surface area contributed by atoms with E-state index in [9.17, 15) is 14.4 Å². The summed E-state index contributed by atoms with van der Waals surface area (Å²) in [6.07, 6.45) is 9.05. The van der Waals surface area contributed by atoms with Gasteiger partial charge in [0.25, 0.3) is 0 Å². The number of Topliss-reactive ketones (excluding diaryl/α,β-unsaturated/α-hetero) is 1. The van der Waals surface area contributed by atoms with Crippen molar-refractivity contribution < 1.29 is 23.6 Å². The minimum absolute atomic E-state index is 0.122. The van der Waals surface area contributed by atoms with Crippen LogP contribution < -0.4 is 0 Å². The number of hydrogen-bond donors (Lipinski definition) is 0. The minimum atomic E-state index is -0.711. The van der Waals surface area contributed by atoms with E-state index in [1.54, 1.807) is 13.8 Å². The molecule has 2 aliphatic heterocycles. The molecule has 300 valence electrons. The minimum Gasteiger partial charge on any atom is -0.462 e. The van der Waals surface area contributed by atoms with Crippen molar-refractivity contribution in [2.45, 2.75) is 132 Å². The van der Waals surface area contributed by atoms with Gasteiger partial charge in [-0.2, -0.15) is 0 Å². The van der Waals surface area contributed by atoms with Gasteiger partial charge in [0.1, 0.15) is 18.1 Å². The summed E-state index contributed by atoms with van der Waals surface area (Å²) in [5.74, 6) is 1.35. The van der Waals surface area contributed by atoms with Crippen molar-refractivity contribution in [1.29, 1.82) is 0 Å². The maximum Gasteiger partial charge on any atom is 0.307 e. The normalized spacial score (nSPS) is 36.2. The molecule has 1 aromatic rings. The van der Waals surface area contributed by atoms with Crippen molar-refractivity contribution >= 4 is 29.6 Å². The average molecular weight is 766 g/mol. The lowest BCUT2D eigenvalue weighted by Gasteiger charge is -2.70. The summed E-state index contributed by atoms with van der Waals surface area (Å²) in [5, 5.41) is 0.760. The van der Waals surface area contributed by atoms with Crippen LogP contribution in [0.1, 0.15) is 119 Å². The van der Waals surface area contributed by atoms with Crippen LogP contribution in [0.4, 0.5) is 0 Å². The fourth-order valence-corrected chi connectivity index (χ4v) is 13.6. The zero-order valence-corrected chi connectivity index (χ0v) is 36.3. The summed E-state index contributed by atoms with van der Waals surface area (Å²) in [6, 6.07) is 8.76. The van der Waals surface area contributed by atoms with Gasteiger partial charge in [-0.1, -0.05) is 79.1 Å². The first-order chi connectivity index (χ1) is 25.1. The number of carbonyl (C=O) groups excluding carboxylic acids is 3. The van der Waals surface area contributed by atoms with E-state index in [1.165, 1.54) is 11.3 Å². The van der Waals surface area contributed by atoms with Gasteiger partial charge in [0.15, 0.2) is 5.78 Å². The number of carbonyl (C=O) groups is 3. The molecule has 2 heterocycles. The zero-order valence-electron chi connectivity index (χ0n) is 35.5. The highest BCUT2D eigenvalue weighted by molar-refractivity contribution is 6.30. The number of quaternary nitrogens is 1. The third kappa shape index (κ3) is 7.19. The number of nitrogens with zero attached hydrogens (tertiary/aromatic N) is 3. The van der Waals surface area contributed by atoms with Crippen LogP contribution >= 0.6 is 11.6 Å². The molecule has 0 radical (unpaired) electrons. The molecule has 8 atom stereocenters. The number of rotatable bonds is 12. The van der Waals surface area contributed by atoms with Gasteiger partial charge >= 0.3 is 5.97 Å². The Balaban J connectivity index is 1.31. The first-order valence-electron chi connectivity index (χ1n) is 21.0. The van der Waals surface area contributed by atoms with Crippen LogP contribution in [0.2, 0.25) is 5.02 Å². The average Bonchev–Trinajstić information content (AvgIpc) is 3.38. The van der Waals surface area contributed by atoms with Crippen LogP contribution in [0.15, 0.2) is 35.5 Å². The Morgan fingerprint density at radius 3 is 2.28 bits per heavy atom. The van der Waals surface area contributed by atoms with Crippen LogP contribution in [0.3, 0.4) is 0 Å². The van der Waals surface area contributed by atoms with E-state index in [4.69, 9.17) is 16.3 Å². The van der Waals surface area contributed by atoms with Crippen LogP contribution in [0.5, 0.6) is 0 Å². The van der Waals surface area contributed by atoms with Crippen LogP contribution in [0.25, 0.3) is 0 Å². The standard InChI is InChI=1S/C46H71ClN3O4/c1-31(2)40-34(52)26-46(29-49(24-23-48(9)10)28-32-12-14-33(47)15-13-32)22-17-37-45(8)20-16-35-43(5,6)38(54-39(53)27-42(3,4)30-51)18-21-44(35,7)36(45)19-25-50(37,11)41(40)46/h12-15,30-31,35-38H,16-29H2,1-11H3/q+1. The Hall–Kier alpha value is -2.06. The van der Waals surface area contributed by atoms with E-state index < -0.39 is 5.41 Å². The number of ether oxygens (including phenoxy) is 1. The molecule has 2 saturated carbocycles. The van der Waals surface area contributed by atoms with Crippen molar-refractivity contribution in [2.24, 2.45) is 44.8 Å². The fraction of sp³-hybridized carbons (Fsp3) is 0.761. The maximum atomic E-state index is 14.4. The number of aldehydes is 1. The topological polar surface area (TPSA) is 66.9 Å². The van der Waals surface area contributed by atoms with Crippen molar-refractivity contribution in [2.75, 3.05) is 47.3 Å². The van der Waals surface area contributed by atoms with Gasteiger partial charge in [-0.25, -0.2) is 0 Å². The summed E-state index contributed by atoms with van der Waals surface area (Å²) < 4.78 is 7.18. The van der Waals surface area contributed by atoms with E-state index >= 15 is 0 Å². The molecule has 4 fully saturated rings. The van der Waals surface area contributed by atoms with Gasteiger partial charge in [0, 0.05) is 66.7 Å².